The summed E-state index contributed by atoms with van der Waals surface area (Å²) in [5.74, 6) is 0. The zero-order chi connectivity index (χ0) is 31.0. The predicted octanol–water partition coefficient (Wildman–Crippen LogP) is 10.0. The largest absolute Gasteiger partial charge is 0.406 e. The lowest BCUT2D eigenvalue weighted by Gasteiger charge is -2.11. The molecule has 0 spiro atoms. The van der Waals surface area contributed by atoms with E-state index in [1.54, 1.807) is 24.3 Å². The summed E-state index contributed by atoms with van der Waals surface area (Å²) >= 11 is 1.36. The molecule has 1 aromatic carbocycles. The molecule has 2 aromatic rings. The molecule has 39 heavy (non-hydrogen) atoms. The van der Waals surface area contributed by atoms with E-state index in [0.29, 0.717) is 24.5 Å². The second-order valence-electron chi connectivity index (χ2n) is 7.83. The first-order valence-electron chi connectivity index (χ1n) is 13.3. The van der Waals surface area contributed by atoms with Crippen LogP contribution in [0, 0.1) is 11.3 Å². The second kappa shape index (κ2) is 24.5. The van der Waals surface area contributed by atoms with Gasteiger partial charge in [-0.05, 0) is 54.9 Å². The molecule has 1 aromatic heterocycles. The summed E-state index contributed by atoms with van der Waals surface area (Å²) in [5, 5.41) is 8.89. The third-order valence-corrected chi connectivity index (χ3v) is 5.68. The standard InChI is InChI=1S/C18H16F3N3S.C7H17N.2C2H6.CH3F/c1-12(2)25-17(13(3)15-6-4-14(8-22)5-7-15)16-9-24(11-23-16)10-18(19,20)21;1-3-5-7(8)6-4-2;3*1-2/h4-7,9,11H,1,10H2,2-3H3;7H,3-6,8H2,1-2H3;2*1-2H3;1H3/b17-13+;;;;. The molecule has 2 N–H and O–H groups in total. The van der Waals surface area contributed by atoms with Gasteiger partial charge >= 0.3 is 6.18 Å². The van der Waals surface area contributed by atoms with Gasteiger partial charge in [0.15, 0.2) is 0 Å². The second-order valence-corrected chi connectivity index (χ2v) is 9.14. The number of nitrogens with two attached hydrogens (primary N) is 1. The number of rotatable bonds is 9. The quantitative estimate of drug-likeness (QED) is 0.304. The van der Waals surface area contributed by atoms with Crippen molar-refractivity contribution >= 4 is 22.2 Å². The number of halogens is 4. The van der Waals surface area contributed by atoms with Crippen LogP contribution in [0.2, 0.25) is 0 Å². The Hall–Kier alpha value is -2.57. The molecule has 0 atom stereocenters. The number of nitriles is 1. The Labute approximate surface area is 238 Å². The van der Waals surface area contributed by atoms with Crippen molar-refractivity contribution in [1.82, 2.24) is 9.55 Å². The summed E-state index contributed by atoms with van der Waals surface area (Å²) in [6.07, 6.45) is 3.08. The van der Waals surface area contributed by atoms with Gasteiger partial charge in [0, 0.05) is 17.1 Å². The van der Waals surface area contributed by atoms with Gasteiger partial charge in [-0.25, -0.2) is 4.98 Å². The van der Waals surface area contributed by atoms with Gasteiger partial charge in [0.05, 0.1) is 30.8 Å². The highest BCUT2D eigenvalue weighted by molar-refractivity contribution is 8.11. The highest BCUT2D eigenvalue weighted by Crippen LogP contribution is 2.38. The topological polar surface area (TPSA) is 67.6 Å². The Morgan fingerprint density at radius 2 is 1.54 bits per heavy atom. The van der Waals surface area contributed by atoms with E-state index < -0.39 is 12.7 Å². The Bertz CT molecular complexity index is 953. The first-order chi connectivity index (χ1) is 18.5. The molecule has 4 nitrogen and oxygen atoms in total. The van der Waals surface area contributed by atoms with Crippen LogP contribution in [0.25, 0.3) is 10.5 Å². The molecule has 9 heteroatoms. The van der Waals surface area contributed by atoms with Crippen LogP contribution in [0.5, 0.6) is 0 Å². The average molecular weight is 573 g/mol. The number of alkyl halides is 4. The van der Waals surface area contributed by atoms with Crippen molar-refractivity contribution < 1.29 is 17.6 Å². The maximum atomic E-state index is 12.6. The number of aromatic nitrogens is 2. The van der Waals surface area contributed by atoms with Crippen LogP contribution in [0.1, 0.15) is 97.9 Å². The fourth-order valence-electron chi connectivity index (χ4n) is 3.08. The van der Waals surface area contributed by atoms with Gasteiger partial charge in [0.25, 0.3) is 0 Å². The Balaban J connectivity index is -0.000000779. The summed E-state index contributed by atoms with van der Waals surface area (Å²) in [4.78, 5) is 5.66. The summed E-state index contributed by atoms with van der Waals surface area (Å²) in [5.41, 5.74) is 8.42. The van der Waals surface area contributed by atoms with Crippen molar-refractivity contribution in [3.63, 3.8) is 0 Å². The predicted molar refractivity (Wildman–Crippen MR) is 162 cm³/mol. The lowest BCUT2D eigenvalue weighted by atomic mass is 10.0. The van der Waals surface area contributed by atoms with Crippen molar-refractivity contribution in [3.05, 3.63) is 65.1 Å². The number of allylic oxidation sites excluding steroid dienone is 2. The van der Waals surface area contributed by atoms with Gasteiger partial charge in [-0.1, -0.05) is 84.9 Å². The molecule has 0 fully saturated rings. The van der Waals surface area contributed by atoms with Crippen molar-refractivity contribution in [2.45, 2.75) is 99.8 Å². The smallest absolute Gasteiger partial charge is 0.328 e. The normalized spacial score (nSPS) is 10.6. The van der Waals surface area contributed by atoms with E-state index >= 15 is 0 Å². The van der Waals surface area contributed by atoms with Crippen LogP contribution in [0.3, 0.4) is 0 Å². The Kier molecular flexibility index (Phi) is 25.7. The molecular weight excluding hydrogens is 524 g/mol. The molecule has 1 heterocycles. The van der Waals surface area contributed by atoms with Gasteiger partial charge in [-0.2, -0.15) is 18.4 Å². The fourth-order valence-corrected chi connectivity index (χ4v) is 3.91. The molecule has 0 aliphatic heterocycles. The Morgan fingerprint density at radius 3 is 1.92 bits per heavy atom. The SMILES string of the molecule is C=C(C)S/C(=C(\C)c1ccc(C#N)cc1)c1cn(CC(F)(F)F)cn1.CC.CC.CCCC(N)CCC.CF. The van der Waals surface area contributed by atoms with E-state index in [0.717, 1.165) is 25.5 Å². The number of imidazole rings is 1. The molecule has 0 saturated heterocycles. The van der Waals surface area contributed by atoms with Crippen molar-refractivity contribution in [3.8, 4) is 6.07 Å². The molecule has 0 aliphatic rings. The maximum Gasteiger partial charge on any atom is 0.406 e. The van der Waals surface area contributed by atoms with Crippen molar-refractivity contribution in [2.24, 2.45) is 5.73 Å². The van der Waals surface area contributed by atoms with Crippen LogP contribution < -0.4 is 5.73 Å². The van der Waals surface area contributed by atoms with Gasteiger partial charge in [-0.3, -0.25) is 4.39 Å². The lowest BCUT2D eigenvalue weighted by molar-refractivity contribution is -0.140. The average Bonchev–Trinajstić information content (AvgIpc) is 3.37. The van der Waals surface area contributed by atoms with Crippen LogP contribution in [0.4, 0.5) is 17.6 Å². The van der Waals surface area contributed by atoms with E-state index in [2.05, 4.69) is 31.5 Å². The van der Waals surface area contributed by atoms with Crippen LogP contribution in [-0.2, 0) is 6.54 Å². The van der Waals surface area contributed by atoms with E-state index in [9.17, 15) is 17.6 Å². The monoisotopic (exact) mass is 572 g/mol. The maximum absolute atomic E-state index is 12.6. The molecular formula is C30H48F4N4S. The number of hydrogen-bond donors (Lipinski definition) is 1. The number of thioether (sulfide) groups is 1. The zero-order valence-electron chi connectivity index (χ0n) is 25.1. The van der Waals surface area contributed by atoms with Crippen LogP contribution in [0.15, 0.2) is 48.3 Å². The summed E-state index contributed by atoms with van der Waals surface area (Å²) < 4.78 is 48.2. The highest BCUT2D eigenvalue weighted by atomic mass is 32.2. The van der Waals surface area contributed by atoms with E-state index in [1.807, 2.05) is 41.5 Å². The summed E-state index contributed by atoms with van der Waals surface area (Å²) in [6, 6.07) is 9.52. The molecule has 2 rings (SSSR count). The minimum absolute atomic E-state index is 0.458. The van der Waals surface area contributed by atoms with Crippen molar-refractivity contribution in [2.75, 3.05) is 7.18 Å². The first-order valence-corrected chi connectivity index (χ1v) is 14.1. The van der Waals surface area contributed by atoms with E-state index in [1.165, 1.54) is 50.0 Å². The van der Waals surface area contributed by atoms with Gasteiger partial charge in [0.1, 0.15) is 6.54 Å². The molecule has 222 valence electrons. The minimum atomic E-state index is -4.30. The number of nitrogens with zero attached hydrogens (tertiary/aromatic N) is 3. The fraction of sp³-hybridized carbons (Fsp3) is 0.533. The molecule has 0 unspecified atom stereocenters. The van der Waals surface area contributed by atoms with Crippen molar-refractivity contribution in [1.29, 1.82) is 5.26 Å². The van der Waals surface area contributed by atoms with Gasteiger partial charge < -0.3 is 10.3 Å². The minimum Gasteiger partial charge on any atom is -0.328 e. The summed E-state index contributed by atoms with van der Waals surface area (Å²) in [7, 11) is 0.500. The molecule has 0 radical (unpaired) electrons. The Morgan fingerprint density at radius 1 is 1.05 bits per heavy atom. The third kappa shape index (κ3) is 19.2. The number of benzene rings is 1. The molecule has 0 amide bonds. The highest BCUT2D eigenvalue weighted by Gasteiger charge is 2.28. The zero-order valence-corrected chi connectivity index (χ0v) is 25.9. The molecule has 0 aliphatic carbocycles. The van der Waals surface area contributed by atoms with Crippen LogP contribution in [-0.4, -0.2) is 28.9 Å². The molecule has 0 saturated carbocycles. The summed E-state index contributed by atoms with van der Waals surface area (Å²) in [6.45, 7) is 18.8. The molecule has 0 bridgehead atoms. The van der Waals surface area contributed by atoms with Gasteiger partial charge in [0.2, 0.25) is 0 Å². The van der Waals surface area contributed by atoms with Gasteiger partial charge in [-0.15, -0.1) is 0 Å². The first kappa shape index (κ1) is 40.9. The van der Waals surface area contributed by atoms with E-state index in [-0.39, 0.29) is 0 Å². The third-order valence-electron chi connectivity index (χ3n) is 4.61. The lowest BCUT2D eigenvalue weighted by Crippen LogP contribution is -2.18. The number of hydrogen-bond acceptors (Lipinski definition) is 4. The van der Waals surface area contributed by atoms with E-state index in [4.69, 9.17) is 11.0 Å². The van der Waals surface area contributed by atoms with Crippen LogP contribution >= 0.6 is 11.8 Å².